The van der Waals surface area contributed by atoms with E-state index in [4.69, 9.17) is 22.1 Å². The van der Waals surface area contributed by atoms with Gasteiger partial charge < -0.3 is 19.4 Å². The number of aromatic nitrogens is 2. The Morgan fingerprint density at radius 2 is 2.60 bits per heavy atom. The summed E-state index contributed by atoms with van der Waals surface area (Å²) in [5, 5.41) is 8.92. The van der Waals surface area contributed by atoms with E-state index in [0.29, 0.717) is 11.3 Å². The molecule has 1 saturated heterocycles. The fourth-order valence-electron chi connectivity index (χ4n) is 1.75. The van der Waals surface area contributed by atoms with Crippen LogP contribution in [-0.4, -0.2) is 33.3 Å². The highest BCUT2D eigenvalue weighted by Crippen LogP contribution is 2.15. The van der Waals surface area contributed by atoms with E-state index in [9.17, 15) is 4.79 Å². The van der Waals surface area contributed by atoms with Crippen LogP contribution in [0.4, 0.5) is 0 Å². The van der Waals surface area contributed by atoms with Gasteiger partial charge in [-0.25, -0.2) is 4.79 Å². The number of nitrogens with one attached hydrogen (secondary N) is 1. The molecule has 0 bridgehead atoms. The minimum absolute atomic E-state index is 0.0885. The van der Waals surface area contributed by atoms with Crippen LogP contribution in [0.1, 0.15) is 23.3 Å². The second-order valence-corrected chi connectivity index (χ2v) is 3.92. The number of aromatic carboxylic acids is 1. The molecule has 15 heavy (non-hydrogen) atoms. The van der Waals surface area contributed by atoms with E-state index in [1.54, 1.807) is 4.57 Å². The fraction of sp³-hybridized carbons (Fsp3) is 0.556. The first-order chi connectivity index (χ1) is 7.18. The summed E-state index contributed by atoms with van der Waals surface area (Å²) in [7, 11) is 0. The van der Waals surface area contributed by atoms with Crippen molar-refractivity contribution in [2.24, 2.45) is 0 Å². The van der Waals surface area contributed by atoms with Crippen LogP contribution in [0, 0.1) is 4.77 Å². The second-order valence-electron chi connectivity index (χ2n) is 3.53. The number of aromatic amines is 1. The molecule has 0 aliphatic carbocycles. The van der Waals surface area contributed by atoms with Crippen LogP contribution < -0.4 is 0 Å². The van der Waals surface area contributed by atoms with Gasteiger partial charge in [-0.2, -0.15) is 0 Å². The molecule has 1 fully saturated rings. The second kappa shape index (κ2) is 4.16. The highest BCUT2D eigenvalue weighted by molar-refractivity contribution is 7.71. The van der Waals surface area contributed by atoms with Crippen molar-refractivity contribution in [3.8, 4) is 0 Å². The highest BCUT2D eigenvalue weighted by atomic mass is 32.1. The first-order valence-electron chi connectivity index (χ1n) is 4.81. The Morgan fingerprint density at radius 3 is 3.20 bits per heavy atom. The molecule has 1 aromatic heterocycles. The predicted molar refractivity (Wildman–Crippen MR) is 55.6 cm³/mol. The number of carboxylic acids is 1. The number of nitrogens with zero attached hydrogens (tertiary/aromatic N) is 1. The summed E-state index contributed by atoms with van der Waals surface area (Å²) in [5.41, 5.74) is 0.190. The van der Waals surface area contributed by atoms with E-state index in [-0.39, 0.29) is 11.8 Å². The molecule has 0 saturated carbocycles. The molecule has 2 heterocycles. The third-order valence-electron chi connectivity index (χ3n) is 2.50. The predicted octanol–water partition coefficient (Wildman–Crippen LogP) is 1.42. The summed E-state index contributed by atoms with van der Waals surface area (Å²) < 4.78 is 7.45. The van der Waals surface area contributed by atoms with E-state index < -0.39 is 5.97 Å². The number of hydrogen-bond acceptors (Lipinski definition) is 3. The molecule has 82 valence electrons. The molecule has 0 amide bonds. The number of H-pyrrole nitrogens is 1. The number of imidazole rings is 1. The number of carboxylic acid groups (broad SMARTS) is 1. The maximum atomic E-state index is 10.9. The lowest BCUT2D eigenvalue weighted by Gasteiger charge is -2.11. The van der Waals surface area contributed by atoms with Crippen molar-refractivity contribution in [1.82, 2.24) is 9.55 Å². The van der Waals surface area contributed by atoms with Crippen molar-refractivity contribution < 1.29 is 14.6 Å². The highest BCUT2D eigenvalue weighted by Gasteiger charge is 2.19. The third-order valence-corrected chi connectivity index (χ3v) is 2.84. The molecule has 0 spiro atoms. The van der Waals surface area contributed by atoms with Gasteiger partial charge in [0.1, 0.15) is 5.69 Å². The average molecular weight is 228 g/mol. The van der Waals surface area contributed by atoms with E-state index in [1.165, 1.54) is 6.20 Å². The Labute approximate surface area is 91.7 Å². The van der Waals surface area contributed by atoms with Crippen LogP contribution in [0.25, 0.3) is 0 Å². The van der Waals surface area contributed by atoms with Gasteiger partial charge in [0.15, 0.2) is 4.77 Å². The lowest BCUT2D eigenvalue weighted by atomic mass is 10.2. The maximum Gasteiger partial charge on any atom is 0.354 e. The van der Waals surface area contributed by atoms with Crippen LogP contribution in [0.3, 0.4) is 0 Å². The molecule has 1 aliphatic heterocycles. The first-order valence-corrected chi connectivity index (χ1v) is 5.22. The van der Waals surface area contributed by atoms with Gasteiger partial charge in [-0.3, -0.25) is 0 Å². The summed E-state index contributed by atoms with van der Waals surface area (Å²) in [6.45, 7) is 1.27. The molecule has 6 heteroatoms. The van der Waals surface area contributed by atoms with Gasteiger partial charge in [0, 0.05) is 12.8 Å². The molecule has 0 unspecified atom stereocenters. The van der Waals surface area contributed by atoms with Gasteiger partial charge >= 0.3 is 5.97 Å². The van der Waals surface area contributed by atoms with Gasteiger partial charge in [-0.15, -0.1) is 0 Å². The SMILES string of the molecule is O=C(O)c1c[nH]c(=S)n1C[C@@H]1CCCO1. The van der Waals surface area contributed by atoms with Crippen LogP contribution in [-0.2, 0) is 11.3 Å². The monoisotopic (exact) mass is 228 g/mol. The summed E-state index contributed by atoms with van der Waals surface area (Å²) in [4.78, 5) is 13.6. The van der Waals surface area contributed by atoms with Gasteiger partial charge in [0.25, 0.3) is 0 Å². The molecule has 5 nitrogen and oxygen atoms in total. The van der Waals surface area contributed by atoms with E-state index in [0.717, 1.165) is 19.4 Å². The zero-order valence-corrected chi connectivity index (χ0v) is 8.92. The van der Waals surface area contributed by atoms with Crippen LogP contribution in [0.5, 0.6) is 0 Å². The lowest BCUT2D eigenvalue weighted by molar-refractivity contribution is 0.0670. The number of hydrogen-bond donors (Lipinski definition) is 2. The average Bonchev–Trinajstić information content (AvgIpc) is 2.78. The van der Waals surface area contributed by atoms with E-state index in [1.807, 2.05) is 0 Å². The quantitative estimate of drug-likeness (QED) is 0.768. The number of ether oxygens (including phenoxy) is 1. The molecule has 0 aromatic carbocycles. The molecule has 2 N–H and O–H groups in total. The zero-order valence-electron chi connectivity index (χ0n) is 8.10. The van der Waals surface area contributed by atoms with Gasteiger partial charge in [0.2, 0.25) is 0 Å². The maximum absolute atomic E-state index is 10.9. The minimum atomic E-state index is -0.972. The fourth-order valence-corrected chi connectivity index (χ4v) is 1.98. The normalized spacial score (nSPS) is 20.7. The Kier molecular flexibility index (Phi) is 2.88. The smallest absolute Gasteiger partial charge is 0.354 e. The minimum Gasteiger partial charge on any atom is -0.477 e. The van der Waals surface area contributed by atoms with Crippen molar-refractivity contribution >= 4 is 18.2 Å². The largest absolute Gasteiger partial charge is 0.477 e. The molecule has 2 rings (SSSR count). The topological polar surface area (TPSA) is 67.2 Å². The van der Waals surface area contributed by atoms with Gasteiger partial charge in [-0.05, 0) is 25.1 Å². The molecule has 1 aliphatic rings. The molecule has 1 atom stereocenters. The summed E-state index contributed by atoms with van der Waals surface area (Å²) >= 11 is 5.02. The standard InChI is InChI=1S/C9H12N2O3S/c12-8(13)7-4-10-9(15)11(7)5-6-2-1-3-14-6/h4,6H,1-3,5H2,(H,10,15)(H,12,13)/t6-/m0/s1. The Bertz CT molecular complexity index is 417. The number of rotatable bonds is 3. The zero-order chi connectivity index (χ0) is 10.8. The van der Waals surface area contributed by atoms with Crippen LogP contribution in [0.2, 0.25) is 0 Å². The third kappa shape index (κ3) is 2.10. The number of carbonyl (C=O) groups is 1. The summed E-state index contributed by atoms with van der Waals surface area (Å²) in [6, 6.07) is 0. The summed E-state index contributed by atoms with van der Waals surface area (Å²) in [5.74, 6) is -0.972. The molecular weight excluding hydrogens is 216 g/mol. The van der Waals surface area contributed by atoms with Crippen LogP contribution in [0.15, 0.2) is 6.20 Å². The molecule has 1 aromatic rings. The van der Waals surface area contributed by atoms with Crippen molar-refractivity contribution in [3.05, 3.63) is 16.7 Å². The lowest BCUT2D eigenvalue weighted by Crippen LogP contribution is -2.18. The van der Waals surface area contributed by atoms with Crippen molar-refractivity contribution in [2.75, 3.05) is 6.61 Å². The Balaban J connectivity index is 2.22. The van der Waals surface area contributed by atoms with Gasteiger partial charge in [-0.1, -0.05) is 0 Å². The molecular formula is C9H12N2O3S. The first kappa shape index (κ1) is 10.4. The Hall–Kier alpha value is -1.14. The van der Waals surface area contributed by atoms with E-state index in [2.05, 4.69) is 4.98 Å². The van der Waals surface area contributed by atoms with Crippen LogP contribution >= 0.6 is 12.2 Å². The Morgan fingerprint density at radius 1 is 1.80 bits per heavy atom. The van der Waals surface area contributed by atoms with Gasteiger partial charge in [0.05, 0.1) is 12.6 Å². The van der Waals surface area contributed by atoms with Crippen molar-refractivity contribution in [1.29, 1.82) is 0 Å². The summed E-state index contributed by atoms with van der Waals surface area (Å²) in [6.07, 6.45) is 3.50. The molecule has 0 radical (unpaired) electrons. The van der Waals surface area contributed by atoms with E-state index >= 15 is 0 Å². The van der Waals surface area contributed by atoms with Crippen molar-refractivity contribution in [2.45, 2.75) is 25.5 Å². The van der Waals surface area contributed by atoms with Crippen molar-refractivity contribution in [3.63, 3.8) is 0 Å².